The molecule has 0 spiro atoms. The molecule has 0 fully saturated rings. The maximum Gasteiger partial charge on any atom is 0.326 e. The van der Waals surface area contributed by atoms with Crippen LogP contribution in [-0.4, -0.2) is 62.9 Å². The third kappa shape index (κ3) is 9.93. The summed E-state index contributed by atoms with van der Waals surface area (Å²) in [4.78, 5) is 71.0. The Labute approximate surface area is 190 Å². The summed E-state index contributed by atoms with van der Waals surface area (Å²) in [6, 6.07) is 4.25. The maximum absolute atomic E-state index is 12.7. The second-order valence-corrected chi connectivity index (χ2v) is 7.65. The van der Waals surface area contributed by atoms with Crippen LogP contribution in [0.15, 0.2) is 24.3 Å². The van der Waals surface area contributed by atoms with E-state index < -0.39 is 72.8 Å². The molecule has 0 bridgehead atoms. The monoisotopic (exact) mass is 464 g/mol. The van der Waals surface area contributed by atoms with E-state index in [4.69, 9.17) is 15.3 Å². The highest BCUT2D eigenvalue weighted by Crippen LogP contribution is 2.14. The highest BCUT2D eigenvalue weighted by Gasteiger charge is 2.32. The SMILES string of the molecule is CC[C@H](NC(=O)[C@H](CC(=O)O)CC(=O)[C@H](CC(=O)O)NC(=O)Cc1ccc(C)cc1)C(=O)O. The Bertz CT molecular complexity index is 896. The van der Waals surface area contributed by atoms with Crippen LogP contribution < -0.4 is 10.6 Å². The lowest BCUT2D eigenvalue weighted by molar-refractivity contribution is -0.145. The van der Waals surface area contributed by atoms with Gasteiger partial charge in [-0.05, 0) is 18.9 Å². The molecular weight excluding hydrogens is 436 g/mol. The van der Waals surface area contributed by atoms with E-state index in [1.54, 1.807) is 24.3 Å². The Morgan fingerprint density at radius 1 is 0.818 bits per heavy atom. The summed E-state index contributed by atoms with van der Waals surface area (Å²) >= 11 is 0. The summed E-state index contributed by atoms with van der Waals surface area (Å²) in [7, 11) is 0. The zero-order valence-corrected chi connectivity index (χ0v) is 18.4. The van der Waals surface area contributed by atoms with Gasteiger partial charge in [0, 0.05) is 6.42 Å². The number of carboxylic acids is 3. The molecule has 11 nitrogen and oxygen atoms in total. The molecule has 180 valence electrons. The van der Waals surface area contributed by atoms with Crippen molar-refractivity contribution in [1.29, 1.82) is 0 Å². The topological polar surface area (TPSA) is 187 Å². The number of hydrogen-bond donors (Lipinski definition) is 5. The Morgan fingerprint density at radius 3 is 1.88 bits per heavy atom. The van der Waals surface area contributed by atoms with Gasteiger partial charge in [-0.1, -0.05) is 36.8 Å². The van der Waals surface area contributed by atoms with Crippen LogP contribution in [0.1, 0.15) is 43.7 Å². The Morgan fingerprint density at radius 2 is 1.39 bits per heavy atom. The van der Waals surface area contributed by atoms with Crippen LogP contribution in [0.4, 0.5) is 0 Å². The lowest BCUT2D eigenvalue weighted by Crippen LogP contribution is -2.47. The molecule has 1 aromatic rings. The molecule has 0 heterocycles. The first-order valence-electron chi connectivity index (χ1n) is 10.3. The minimum absolute atomic E-state index is 0.0333. The van der Waals surface area contributed by atoms with Crippen molar-refractivity contribution >= 4 is 35.5 Å². The summed E-state index contributed by atoms with van der Waals surface area (Å²) in [5, 5.41) is 31.8. The van der Waals surface area contributed by atoms with E-state index in [1.165, 1.54) is 6.92 Å². The summed E-state index contributed by atoms with van der Waals surface area (Å²) in [6.45, 7) is 3.37. The van der Waals surface area contributed by atoms with E-state index in [-0.39, 0.29) is 12.8 Å². The van der Waals surface area contributed by atoms with Crippen molar-refractivity contribution in [3.8, 4) is 0 Å². The maximum atomic E-state index is 12.7. The molecule has 3 atom stereocenters. The third-order valence-corrected chi connectivity index (χ3v) is 4.85. The van der Waals surface area contributed by atoms with E-state index >= 15 is 0 Å². The Kier molecular flexibility index (Phi) is 10.7. The first kappa shape index (κ1) is 27.3. The van der Waals surface area contributed by atoms with Gasteiger partial charge in [0.2, 0.25) is 11.8 Å². The van der Waals surface area contributed by atoms with E-state index in [0.717, 1.165) is 5.56 Å². The average Bonchev–Trinajstić information content (AvgIpc) is 2.71. The summed E-state index contributed by atoms with van der Waals surface area (Å²) < 4.78 is 0. The second-order valence-electron chi connectivity index (χ2n) is 7.65. The number of ketones is 1. The van der Waals surface area contributed by atoms with Crippen molar-refractivity contribution in [3.05, 3.63) is 35.4 Å². The molecule has 2 amide bonds. The molecular formula is C22H28N2O9. The number of carbonyl (C=O) groups excluding carboxylic acids is 3. The highest BCUT2D eigenvalue weighted by molar-refractivity contribution is 5.96. The smallest absolute Gasteiger partial charge is 0.326 e. The van der Waals surface area contributed by atoms with E-state index in [2.05, 4.69) is 10.6 Å². The fourth-order valence-electron chi connectivity index (χ4n) is 3.04. The number of hydrogen-bond acceptors (Lipinski definition) is 6. The minimum atomic E-state index is -1.48. The van der Waals surface area contributed by atoms with E-state index in [9.17, 15) is 28.8 Å². The number of aryl methyl sites for hydroxylation is 1. The molecule has 0 aliphatic carbocycles. The van der Waals surface area contributed by atoms with Crippen LogP contribution in [0.5, 0.6) is 0 Å². The molecule has 1 aromatic carbocycles. The quantitative estimate of drug-likeness (QED) is 0.262. The van der Waals surface area contributed by atoms with Crippen molar-refractivity contribution in [2.75, 3.05) is 0 Å². The fourth-order valence-corrected chi connectivity index (χ4v) is 3.04. The number of aliphatic carboxylic acids is 3. The summed E-state index contributed by atoms with van der Waals surface area (Å²) in [5.74, 6) is -7.95. The Balaban J connectivity index is 2.94. The molecule has 11 heteroatoms. The molecule has 1 rings (SSSR count). The van der Waals surface area contributed by atoms with E-state index in [0.29, 0.717) is 5.56 Å². The van der Waals surface area contributed by atoms with Gasteiger partial charge < -0.3 is 26.0 Å². The van der Waals surface area contributed by atoms with Gasteiger partial charge in [0.05, 0.1) is 31.2 Å². The Hall–Kier alpha value is -3.76. The van der Waals surface area contributed by atoms with Gasteiger partial charge in [0.15, 0.2) is 5.78 Å². The number of amides is 2. The van der Waals surface area contributed by atoms with Crippen LogP contribution in [-0.2, 0) is 35.2 Å². The predicted octanol–water partition coefficient (Wildman–Crippen LogP) is 0.527. The zero-order valence-electron chi connectivity index (χ0n) is 18.4. The third-order valence-electron chi connectivity index (χ3n) is 4.85. The van der Waals surface area contributed by atoms with Crippen molar-refractivity contribution in [2.24, 2.45) is 5.92 Å². The molecule has 0 radical (unpaired) electrons. The minimum Gasteiger partial charge on any atom is -0.481 e. The first-order valence-corrected chi connectivity index (χ1v) is 10.3. The number of carboxylic acid groups (broad SMARTS) is 3. The predicted molar refractivity (Wildman–Crippen MR) is 114 cm³/mol. The van der Waals surface area contributed by atoms with Gasteiger partial charge >= 0.3 is 17.9 Å². The number of rotatable bonds is 14. The average molecular weight is 464 g/mol. The molecule has 0 aliphatic heterocycles. The van der Waals surface area contributed by atoms with Crippen LogP contribution in [0.25, 0.3) is 0 Å². The van der Waals surface area contributed by atoms with Gasteiger partial charge in [0.25, 0.3) is 0 Å². The van der Waals surface area contributed by atoms with Gasteiger partial charge in [-0.15, -0.1) is 0 Å². The normalized spacial score (nSPS) is 13.3. The fraction of sp³-hybridized carbons (Fsp3) is 0.455. The highest BCUT2D eigenvalue weighted by atomic mass is 16.4. The van der Waals surface area contributed by atoms with Crippen LogP contribution in [0.3, 0.4) is 0 Å². The standard InChI is InChI=1S/C22H28N2O9/c1-3-15(22(32)33)24-21(31)14(10-19(27)28)9-17(25)16(11-20(29)30)23-18(26)8-13-6-4-12(2)5-7-13/h4-7,14-16H,3,8-11H2,1-2H3,(H,23,26)(H,24,31)(H,27,28)(H,29,30)(H,32,33)/t14-,15-,16-/m0/s1. The van der Waals surface area contributed by atoms with Crippen molar-refractivity contribution in [1.82, 2.24) is 10.6 Å². The molecule has 0 unspecified atom stereocenters. The van der Waals surface area contributed by atoms with Crippen molar-refractivity contribution < 1.29 is 44.1 Å². The van der Waals surface area contributed by atoms with Crippen LogP contribution in [0, 0.1) is 12.8 Å². The van der Waals surface area contributed by atoms with Gasteiger partial charge in [-0.3, -0.25) is 24.0 Å². The lowest BCUT2D eigenvalue weighted by atomic mass is 9.93. The van der Waals surface area contributed by atoms with Gasteiger partial charge in [-0.2, -0.15) is 0 Å². The van der Waals surface area contributed by atoms with Crippen molar-refractivity contribution in [2.45, 2.75) is 58.0 Å². The molecule has 33 heavy (non-hydrogen) atoms. The number of nitrogens with one attached hydrogen (secondary N) is 2. The van der Waals surface area contributed by atoms with Gasteiger partial charge in [0.1, 0.15) is 6.04 Å². The number of benzene rings is 1. The van der Waals surface area contributed by atoms with Crippen molar-refractivity contribution in [3.63, 3.8) is 0 Å². The van der Waals surface area contributed by atoms with E-state index in [1.807, 2.05) is 6.92 Å². The molecule has 0 aromatic heterocycles. The van der Waals surface area contributed by atoms with Gasteiger partial charge in [-0.25, -0.2) is 4.79 Å². The van der Waals surface area contributed by atoms with Crippen LogP contribution >= 0.6 is 0 Å². The molecule has 0 saturated heterocycles. The number of Topliss-reactive ketones (excluding diaryl/α,β-unsaturated/α-hetero) is 1. The lowest BCUT2D eigenvalue weighted by Gasteiger charge is -2.21. The zero-order chi connectivity index (χ0) is 25.1. The molecule has 0 aliphatic rings. The molecule has 5 N–H and O–H groups in total. The summed E-state index contributed by atoms with van der Waals surface area (Å²) in [6.07, 6.45) is -2.29. The number of carbonyl (C=O) groups is 6. The second kappa shape index (κ2) is 12.9. The first-order chi connectivity index (χ1) is 15.4. The summed E-state index contributed by atoms with van der Waals surface area (Å²) in [5.41, 5.74) is 1.62. The molecule has 0 saturated carbocycles. The largest absolute Gasteiger partial charge is 0.481 e. The van der Waals surface area contributed by atoms with Crippen LogP contribution in [0.2, 0.25) is 0 Å².